The summed E-state index contributed by atoms with van der Waals surface area (Å²) in [5.74, 6) is 0. The number of aromatic amines is 1. The third-order valence-electron chi connectivity index (χ3n) is 4.41. The monoisotopic (exact) mass is 376 g/mol. The first kappa shape index (κ1) is 18.2. The van der Waals surface area contributed by atoms with E-state index in [1.807, 2.05) is 24.4 Å². The van der Waals surface area contributed by atoms with Gasteiger partial charge in [-0.1, -0.05) is 24.3 Å². The highest BCUT2D eigenvalue weighted by Gasteiger charge is 2.16. The molecule has 0 saturated heterocycles. The van der Waals surface area contributed by atoms with Crippen molar-refractivity contribution in [2.24, 2.45) is 0 Å². The van der Waals surface area contributed by atoms with Gasteiger partial charge in [-0.25, -0.2) is 12.7 Å². The summed E-state index contributed by atoms with van der Waals surface area (Å²) in [7, 11) is -3.16. The van der Waals surface area contributed by atoms with Crippen LogP contribution in [0.1, 0.15) is 23.3 Å². The number of aryl methyl sites for hydroxylation is 2. The van der Waals surface area contributed by atoms with Crippen LogP contribution in [-0.2, 0) is 22.9 Å². The average Bonchev–Trinajstić information content (AvgIpc) is 3.22. The number of nitrogens with one attached hydrogen (secondary N) is 1. The van der Waals surface area contributed by atoms with Crippen LogP contribution in [0, 0.1) is 0 Å². The Kier molecular flexibility index (Phi) is 5.93. The van der Waals surface area contributed by atoms with E-state index in [2.05, 4.69) is 28.6 Å². The lowest BCUT2D eigenvalue weighted by Gasteiger charge is -2.19. The molecule has 1 N–H and O–H groups in total. The number of benzene rings is 1. The van der Waals surface area contributed by atoms with Gasteiger partial charge in [0.1, 0.15) is 0 Å². The van der Waals surface area contributed by atoms with Crippen LogP contribution in [0.25, 0.3) is 10.9 Å². The second kappa shape index (κ2) is 8.17. The molecule has 0 fully saturated rings. The number of thiophene rings is 1. The fourth-order valence-corrected chi connectivity index (χ4v) is 4.78. The molecule has 0 amide bonds. The molecule has 1 aromatic carbocycles. The smallest absolute Gasteiger partial charge is 0.211 e. The second-order valence-electron chi connectivity index (χ2n) is 6.31. The lowest BCUT2D eigenvalue weighted by molar-refractivity contribution is 0.402. The van der Waals surface area contributed by atoms with Crippen LogP contribution < -0.4 is 0 Å². The lowest BCUT2D eigenvalue weighted by atomic mass is 10.1. The summed E-state index contributed by atoms with van der Waals surface area (Å²) in [5.41, 5.74) is 2.39. The molecule has 0 atom stereocenters. The zero-order chi connectivity index (χ0) is 17.7. The van der Waals surface area contributed by atoms with E-state index in [0.29, 0.717) is 13.1 Å². The number of H-pyrrole nitrogens is 1. The molecule has 6 heteroatoms. The standard InChI is InChI=1S/C19H24N2O2S2/c1-25(22,23)21(13-5-8-17-9-6-14-24-17)12-4-7-16-15-20-19-11-3-2-10-18(16)19/h2-3,6,9-11,14-15,20H,4-5,7-8,12-13H2,1H3. The summed E-state index contributed by atoms with van der Waals surface area (Å²) in [5, 5.41) is 3.29. The number of fused-ring (bicyclic) bond motifs is 1. The van der Waals surface area contributed by atoms with Crippen molar-refractivity contribution in [1.29, 1.82) is 0 Å². The van der Waals surface area contributed by atoms with Crippen molar-refractivity contribution in [2.75, 3.05) is 19.3 Å². The van der Waals surface area contributed by atoms with Gasteiger partial charge in [0.25, 0.3) is 0 Å². The van der Waals surface area contributed by atoms with Crippen LogP contribution in [0.2, 0.25) is 0 Å². The van der Waals surface area contributed by atoms with Crippen molar-refractivity contribution in [3.05, 3.63) is 58.4 Å². The third kappa shape index (κ3) is 4.93. The third-order valence-corrected chi connectivity index (χ3v) is 6.65. The first-order chi connectivity index (χ1) is 12.0. The van der Waals surface area contributed by atoms with Crippen LogP contribution in [0.15, 0.2) is 48.0 Å². The van der Waals surface area contributed by atoms with Gasteiger partial charge in [0.15, 0.2) is 0 Å². The van der Waals surface area contributed by atoms with Crippen LogP contribution in [0.5, 0.6) is 0 Å². The van der Waals surface area contributed by atoms with Crippen LogP contribution >= 0.6 is 11.3 Å². The average molecular weight is 377 g/mol. The molecule has 0 bridgehead atoms. The summed E-state index contributed by atoms with van der Waals surface area (Å²) in [4.78, 5) is 4.59. The van der Waals surface area contributed by atoms with E-state index >= 15 is 0 Å². The molecular weight excluding hydrogens is 352 g/mol. The predicted octanol–water partition coefficient (Wildman–Crippen LogP) is 4.06. The summed E-state index contributed by atoms with van der Waals surface area (Å²) in [6.07, 6.45) is 6.85. The molecule has 0 aliphatic heterocycles. The number of hydrogen-bond donors (Lipinski definition) is 1. The van der Waals surface area contributed by atoms with Gasteiger partial charge < -0.3 is 4.98 Å². The number of para-hydroxylation sites is 1. The maximum absolute atomic E-state index is 12.1. The summed E-state index contributed by atoms with van der Waals surface area (Å²) >= 11 is 1.73. The van der Waals surface area contributed by atoms with E-state index < -0.39 is 10.0 Å². The van der Waals surface area contributed by atoms with Gasteiger partial charge >= 0.3 is 0 Å². The topological polar surface area (TPSA) is 53.2 Å². The number of nitrogens with zero attached hydrogens (tertiary/aromatic N) is 1. The highest BCUT2D eigenvalue weighted by Crippen LogP contribution is 2.19. The normalized spacial score (nSPS) is 12.2. The van der Waals surface area contributed by atoms with Gasteiger partial charge in [0, 0.05) is 35.1 Å². The molecule has 3 aromatic rings. The molecule has 0 radical (unpaired) electrons. The molecule has 0 spiro atoms. The Hall–Kier alpha value is -1.63. The maximum atomic E-state index is 12.1. The van der Waals surface area contributed by atoms with Gasteiger partial charge in [0.05, 0.1) is 6.26 Å². The van der Waals surface area contributed by atoms with Crippen molar-refractivity contribution in [3.8, 4) is 0 Å². The summed E-state index contributed by atoms with van der Waals surface area (Å²) in [6, 6.07) is 12.4. The minimum atomic E-state index is -3.16. The van der Waals surface area contributed by atoms with Gasteiger partial charge in [-0.3, -0.25) is 0 Å². The molecule has 2 heterocycles. The Labute approximate surface area is 153 Å². The Balaban J connectivity index is 1.53. The molecule has 25 heavy (non-hydrogen) atoms. The van der Waals surface area contributed by atoms with E-state index in [0.717, 1.165) is 31.2 Å². The first-order valence-corrected chi connectivity index (χ1v) is 11.3. The molecule has 2 aromatic heterocycles. The van der Waals surface area contributed by atoms with Gasteiger partial charge in [0.2, 0.25) is 10.0 Å². The zero-order valence-electron chi connectivity index (χ0n) is 14.4. The van der Waals surface area contributed by atoms with Crippen molar-refractivity contribution in [2.45, 2.75) is 25.7 Å². The molecule has 0 unspecified atom stereocenters. The summed E-state index contributed by atoms with van der Waals surface area (Å²) in [6.45, 7) is 1.16. The van der Waals surface area contributed by atoms with Gasteiger partial charge in [-0.15, -0.1) is 11.3 Å². The number of sulfonamides is 1. The first-order valence-electron chi connectivity index (χ1n) is 8.56. The van der Waals surface area contributed by atoms with E-state index in [-0.39, 0.29) is 0 Å². The fourth-order valence-electron chi connectivity index (χ4n) is 3.11. The maximum Gasteiger partial charge on any atom is 0.211 e. The van der Waals surface area contributed by atoms with Crippen molar-refractivity contribution < 1.29 is 8.42 Å². The number of hydrogen-bond acceptors (Lipinski definition) is 3. The highest BCUT2D eigenvalue weighted by atomic mass is 32.2. The second-order valence-corrected chi connectivity index (χ2v) is 9.32. The number of aromatic nitrogens is 1. The lowest BCUT2D eigenvalue weighted by Crippen LogP contribution is -2.32. The van der Waals surface area contributed by atoms with E-state index in [9.17, 15) is 8.42 Å². The van der Waals surface area contributed by atoms with Gasteiger partial charge in [-0.2, -0.15) is 0 Å². The molecule has 0 aliphatic rings. The Morgan fingerprint density at radius 1 is 1.04 bits per heavy atom. The van der Waals surface area contributed by atoms with Crippen molar-refractivity contribution in [3.63, 3.8) is 0 Å². The van der Waals surface area contributed by atoms with Crippen LogP contribution in [0.3, 0.4) is 0 Å². The molecule has 4 nitrogen and oxygen atoms in total. The number of rotatable bonds is 9. The SMILES string of the molecule is CS(=O)(=O)N(CCCc1cccs1)CCCc1c[nH]c2ccccc12. The largest absolute Gasteiger partial charge is 0.361 e. The predicted molar refractivity (Wildman–Crippen MR) is 106 cm³/mol. The Morgan fingerprint density at radius 3 is 2.52 bits per heavy atom. The Morgan fingerprint density at radius 2 is 1.80 bits per heavy atom. The highest BCUT2D eigenvalue weighted by molar-refractivity contribution is 7.88. The van der Waals surface area contributed by atoms with Crippen LogP contribution in [-0.4, -0.2) is 37.1 Å². The fraction of sp³-hybridized carbons (Fsp3) is 0.368. The Bertz CT molecular complexity index is 899. The molecule has 0 saturated carbocycles. The quantitative estimate of drug-likeness (QED) is 0.612. The van der Waals surface area contributed by atoms with E-state index in [1.54, 1.807) is 15.6 Å². The minimum absolute atomic E-state index is 0.572. The van der Waals surface area contributed by atoms with Crippen molar-refractivity contribution >= 4 is 32.3 Å². The van der Waals surface area contributed by atoms with Crippen LogP contribution in [0.4, 0.5) is 0 Å². The molecule has 134 valence electrons. The van der Waals surface area contributed by atoms with Crippen molar-refractivity contribution in [1.82, 2.24) is 9.29 Å². The van der Waals surface area contributed by atoms with E-state index in [1.165, 1.54) is 22.1 Å². The minimum Gasteiger partial charge on any atom is -0.361 e. The summed E-state index contributed by atoms with van der Waals surface area (Å²) < 4.78 is 25.7. The molecular formula is C19H24N2O2S2. The molecule has 0 aliphatic carbocycles. The van der Waals surface area contributed by atoms with E-state index in [4.69, 9.17) is 0 Å². The molecule has 3 rings (SSSR count). The van der Waals surface area contributed by atoms with Gasteiger partial charge in [-0.05, 0) is 48.8 Å². The zero-order valence-corrected chi connectivity index (χ0v) is 16.1.